The fraction of sp³-hybridized carbons (Fsp3) is 0.0625. The molecule has 0 aliphatic heterocycles. The number of anilines is 1. The van der Waals surface area contributed by atoms with E-state index >= 15 is 0 Å². The predicted molar refractivity (Wildman–Crippen MR) is 86.4 cm³/mol. The Balaban J connectivity index is 1.94. The molecule has 1 amide bonds. The van der Waals surface area contributed by atoms with Crippen molar-refractivity contribution in [3.05, 3.63) is 64.5 Å². The number of pyridine rings is 2. The summed E-state index contributed by atoms with van der Waals surface area (Å²) in [5.74, 6) is -0.195. The van der Waals surface area contributed by atoms with E-state index in [4.69, 9.17) is 0 Å². The van der Waals surface area contributed by atoms with Gasteiger partial charge in [0, 0.05) is 27.9 Å². The number of hydrogen-bond acceptors (Lipinski definition) is 3. The molecule has 1 N–H and O–H groups in total. The highest BCUT2D eigenvalue weighted by molar-refractivity contribution is 9.10. The zero-order valence-corrected chi connectivity index (χ0v) is 12.9. The second-order valence-electron chi connectivity index (χ2n) is 4.67. The zero-order valence-electron chi connectivity index (χ0n) is 11.3. The highest BCUT2D eigenvalue weighted by atomic mass is 79.9. The molecule has 2 heterocycles. The molecule has 2 aromatic heterocycles. The number of hydrogen-bond donors (Lipinski definition) is 1. The maximum Gasteiger partial charge on any atom is 0.257 e. The molecule has 0 bridgehead atoms. The number of benzene rings is 1. The third kappa shape index (κ3) is 2.92. The summed E-state index contributed by atoms with van der Waals surface area (Å²) >= 11 is 3.39. The summed E-state index contributed by atoms with van der Waals surface area (Å²) in [6.07, 6.45) is 3.28. The van der Waals surface area contributed by atoms with Gasteiger partial charge >= 0.3 is 0 Å². The van der Waals surface area contributed by atoms with Crippen LogP contribution in [0.15, 0.2) is 53.3 Å². The first-order chi connectivity index (χ1) is 10.1. The second-order valence-corrected chi connectivity index (χ2v) is 5.59. The van der Waals surface area contributed by atoms with E-state index in [0.29, 0.717) is 11.3 Å². The molecule has 0 saturated heterocycles. The summed E-state index contributed by atoms with van der Waals surface area (Å²) in [6.45, 7) is 1.88. The number of carbonyl (C=O) groups excluding carboxylic acids is 1. The molecule has 0 aliphatic carbocycles. The van der Waals surface area contributed by atoms with Gasteiger partial charge in [-0.05, 0) is 47.1 Å². The van der Waals surface area contributed by atoms with Crippen molar-refractivity contribution in [2.24, 2.45) is 0 Å². The molecular weight excluding hydrogens is 330 g/mol. The molecule has 0 atom stereocenters. The Labute approximate surface area is 130 Å². The van der Waals surface area contributed by atoms with Crippen LogP contribution in [-0.2, 0) is 0 Å². The summed E-state index contributed by atoms with van der Waals surface area (Å²) in [5.41, 5.74) is 2.85. The molecule has 0 radical (unpaired) electrons. The molecule has 0 spiro atoms. The molecule has 5 heteroatoms. The lowest BCUT2D eigenvalue weighted by Crippen LogP contribution is -2.12. The topological polar surface area (TPSA) is 54.9 Å². The van der Waals surface area contributed by atoms with E-state index in [9.17, 15) is 4.79 Å². The highest BCUT2D eigenvalue weighted by Crippen LogP contribution is 2.24. The lowest BCUT2D eigenvalue weighted by Gasteiger charge is -2.08. The first-order valence-corrected chi connectivity index (χ1v) is 7.21. The van der Waals surface area contributed by atoms with E-state index in [1.54, 1.807) is 18.5 Å². The van der Waals surface area contributed by atoms with Gasteiger partial charge in [0.1, 0.15) is 0 Å². The average Bonchev–Trinajstić information content (AvgIpc) is 2.47. The second kappa shape index (κ2) is 5.61. The number of halogens is 1. The molecule has 3 aromatic rings. The van der Waals surface area contributed by atoms with Crippen molar-refractivity contribution in [3.8, 4) is 0 Å². The fourth-order valence-corrected chi connectivity index (χ4v) is 2.38. The van der Waals surface area contributed by atoms with Crippen molar-refractivity contribution in [3.63, 3.8) is 0 Å². The Kier molecular flexibility index (Phi) is 3.66. The molecule has 0 aliphatic rings. The standard InChI is InChI=1S/C16H12BrN3O/c1-10-5-6-12(8-18-10)16(21)20-14-4-2-3-11-7-13(17)9-19-15(11)14/h2-9H,1H3,(H,20,21). The number of fused-ring (bicyclic) bond motifs is 1. The summed E-state index contributed by atoms with van der Waals surface area (Å²) in [4.78, 5) is 20.7. The van der Waals surface area contributed by atoms with Crippen molar-refractivity contribution in [1.29, 1.82) is 0 Å². The first kappa shape index (κ1) is 13.7. The van der Waals surface area contributed by atoms with E-state index in [1.807, 2.05) is 37.3 Å². The number of aryl methyl sites for hydroxylation is 1. The van der Waals surface area contributed by atoms with Crippen LogP contribution in [0.1, 0.15) is 16.1 Å². The number of nitrogens with one attached hydrogen (secondary N) is 1. The average molecular weight is 342 g/mol. The lowest BCUT2D eigenvalue weighted by atomic mass is 10.2. The number of aromatic nitrogens is 2. The SMILES string of the molecule is Cc1ccc(C(=O)Nc2cccc3cc(Br)cnc23)cn1. The Morgan fingerprint density at radius 1 is 1.14 bits per heavy atom. The minimum atomic E-state index is -0.195. The van der Waals surface area contributed by atoms with E-state index in [1.165, 1.54) is 0 Å². The van der Waals surface area contributed by atoms with Gasteiger partial charge in [-0.1, -0.05) is 12.1 Å². The molecule has 0 unspecified atom stereocenters. The van der Waals surface area contributed by atoms with Gasteiger partial charge in [0.2, 0.25) is 0 Å². The van der Waals surface area contributed by atoms with E-state index in [-0.39, 0.29) is 5.91 Å². The van der Waals surface area contributed by atoms with Crippen LogP contribution in [0.25, 0.3) is 10.9 Å². The number of rotatable bonds is 2. The smallest absolute Gasteiger partial charge is 0.257 e. The zero-order chi connectivity index (χ0) is 14.8. The monoisotopic (exact) mass is 341 g/mol. The maximum absolute atomic E-state index is 12.2. The largest absolute Gasteiger partial charge is 0.320 e. The number of para-hydroxylation sites is 1. The van der Waals surface area contributed by atoms with Crippen LogP contribution in [0, 0.1) is 6.92 Å². The van der Waals surface area contributed by atoms with Crippen LogP contribution in [0.5, 0.6) is 0 Å². The van der Waals surface area contributed by atoms with E-state index < -0.39 is 0 Å². The third-order valence-corrected chi connectivity index (χ3v) is 3.53. The summed E-state index contributed by atoms with van der Waals surface area (Å²) in [5, 5.41) is 3.85. The maximum atomic E-state index is 12.2. The molecule has 0 fully saturated rings. The molecule has 1 aromatic carbocycles. The van der Waals surface area contributed by atoms with E-state index in [2.05, 4.69) is 31.2 Å². The molecule has 0 saturated carbocycles. The van der Waals surface area contributed by atoms with Crippen LogP contribution < -0.4 is 5.32 Å². The van der Waals surface area contributed by atoms with Gasteiger partial charge in [-0.3, -0.25) is 14.8 Å². The Hall–Kier alpha value is -2.27. The minimum Gasteiger partial charge on any atom is -0.320 e. The molecular formula is C16H12BrN3O. The van der Waals surface area contributed by atoms with Gasteiger partial charge in [0.25, 0.3) is 5.91 Å². The summed E-state index contributed by atoms with van der Waals surface area (Å²) in [7, 11) is 0. The van der Waals surface area contributed by atoms with Crippen molar-refractivity contribution in [2.75, 3.05) is 5.32 Å². The van der Waals surface area contributed by atoms with E-state index in [0.717, 1.165) is 21.1 Å². The predicted octanol–water partition coefficient (Wildman–Crippen LogP) is 3.95. The van der Waals surface area contributed by atoms with Crippen LogP contribution in [0.3, 0.4) is 0 Å². The van der Waals surface area contributed by atoms with Crippen molar-refractivity contribution in [1.82, 2.24) is 9.97 Å². The normalized spacial score (nSPS) is 10.6. The first-order valence-electron chi connectivity index (χ1n) is 6.42. The van der Waals surface area contributed by atoms with Crippen LogP contribution >= 0.6 is 15.9 Å². The molecule has 21 heavy (non-hydrogen) atoms. The van der Waals surface area contributed by atoms with Crippen LogP contribution in [0.4, 0.5) is 5.69 Å². The Bertz CT molecular complexity index is 815. The van der Waals surface area contributed by atoms with Gasteiger partial charge in [-0.2, -0.15) is 0 Å². The fourth-order valence-electron chi connectivity index (χ4n) is 2.03. The van der Waals surface area contributed by atoms with Gasteiger partial charge in [0.05, 0.1) is 16.8 Å². The van der Waals surface area contributed by atoms with Gasteiger partial charge < -0.3 is 5.32 Å². The van der Waals surface area contributed by atoms with Gasteiger partial charge in [0.15, 0.2) is 0 Å². The van der Waals surface area contributed by atoms with Gasteiger partial charge in [-0.15, -0.1) is 0 Å². The summed E-state index contributed by atoms with van der Waals surface area (Å²) in [6, 6.07) is 11.2. The molecule has 104 valence electrons. The third-order valence-electron chi connectivity index (χ3n) is 3.10. The molecule has 3 rings (SSSR count). The summed E-state index contributed by atoms with van der Waals surface area (Å²) < 4.78 is 0.904. The van der Waals surface area contributed by atoms with Crippen molar-refractivity contribution >= 4 is 38.4 Å². The number of nitrogens with zero attached hydrogens (tertiary/aromatic N) is 2. The number of amides is 1. The minimum absolute atomic E-state index is 0.195. The van der Waals surface area contributed by atoms with Crippen molar-refractivity contribution < 1.29 is 4.79 Å². The Morgan fingerprint density at radius 3 is 2.76 bits per heavy atom. The Morgan fingerprint density at radius 2 is 2.00 bits per heavy atom. The van der Waals surface area contributed by atoms with Gasteiger partial charge in [-0.25, -0.2) is 0 Å². The van der Waals surface area contributed by atoms with Crippen LogP contribution in [-0.4, -0.2) is 15.9 Å². The highest BCUT2D eigenvalue weighted by Gasteiger charge is 2.09. The number of carbonyl (C=O) groups is 1. The molecule has 4 nitrogen and oxygen atoms in total. The quantitative estimate of drug-likeness (QED) is 0.767. The lowest BCUT2D eigenvalue weighted by molar-refractivity contribution is 0.102. The van der Waals surface area contributed by atoms with Crippen molar-refractivity contribution in [2.45, 2.75) is 6.92 Å². The van der Waals surface area contributed by atoms with Crippen LogP contribution in [0.2, 0.25) is 0 Å².